The van der Waals surface area contributed by atoms with Gasteiger partial charge < -0.3 is 11.1 Å². The van der Waals surface area contributed by atoms with Crippen LogP contribution in [-0.4, -0.2) is 18.5 Å². The predicted molar refractivity (Wildman–Crippen MR) is 78.2 cm³/mol. The molecule has 102 valence electrons. The Hall–Kier alpha value is -0.580. The number of halogens is 1. The molecule has 1 aromatic heterocycles. The van der Waals surface area contributed by atoms with Crippen LogP contribution in [0.15, 0.2) is 16.8 Å². The highest BCUT2D eigenvalue weighted by Crippen LogP contribution is 2.26. The number of carbonyl (C=O) groups excluding carboxylic acids is 1. The van der Waals surface area contributed by atoms with Gasteiger partial charge in [0.25, 0.3) is 0 Å². The van der Waals surface area contributed by atoms with Crippen LogP contribution < -0.4 is 11.1 Å². The molecule has 1 saturated carbocycles. The van der Waals surface area contributed by atoms with Gasteiger partial charge in [0.05, 0.1) is 0 Å². The van der Waals surface area contributed by atoms with Crippen molar-refractivity contribution >= 4 is 29.7 Å². The van der Waals surface area contributed by atoms with Gasteiger partial charge in [0.1, 0.15) is 0 Å². The first-order valence-electron chi connectivity index (χ1n) is 6.29. The van der Waals surface area contributed by atoms with Crippen LogP contribution in [0.5, 0.6) is 0 Å². The van der Waals surface area contributed by atoms with Gasteiger partial charge in [0.15, 0.2) is 0 Å². The number of rotatable bonds is 5. The first kappa shape index (κ1) is 15.5. The predicted octanol–water partition coefficient (Wildman–Crippen LogP) is 2.35. The van der Waals surface area contributed by atoms with E-state index in [0.29, 0.717) is 12.3 Å². The molecule has 0 saturated heterocycles. The van der Waals surface area contributed by atoms with Crippen molar-refractivity contribution in [1.29, 1.82) is 0 Å². The Balaban J connectivity index is 0.00000162. The summed E-state index contributed by atoms with van der Waals surface area (Å²) in [7, 11) is 0. The molecule has 3 N–H and O–H groups in total. The fourth-order valence-electron chi connectivity index (χ4n) is 2.41. The van der Waals surface area contributed by atoms with Crippen molar-refractivity contribution < 1.29 is 4.79 Å². The van der Waals surface area contributed by atoms with E-state index >= 15 is 0 Å². The third kappa shape index (κ3) is 4.59. The normalized spacial score (nSPS) is 22.5. The molecule has 0 aromatic carbocycles. The smallest absolute Gasteiger partial charge is 0.220 e. The topological polar surface area (TPSA) is 55.1 Å². The van der Waals surface area contributed by atoms with E-state index in [1.54, 1.807) is 11.3 Å². The van der Waals surface area contributed by atoms with Crippen molar-refractivity contribution in [2.75, 3.05) is 6.54 Å². The molecule has 1 aliphatic carbocycles. The minimum absolute atomic E-state index is 0. The lowest BCUT2D eigenvalue weighted by molar-refractivity contribution is -0.122. The van der Waals surface area contributed by atoms with Crippen molar-refractivity contribution in [3.63, 3.8) is 0 Å². The van der Waals surface area contributed by atoms with Gasteiger partial charge in [-0.25, -0.2) is 0 Å². The molecule has 1 aliphatic rings. The first-order chi connectivity index (χ1) is 8.25. The van der Waals surface area contributed by atoms with E-state index in [2.05, 4.69) is 22.1 Å². The Kier molecular flexibility index (Phi) is 6.68. The highest BCUT2D eigenvalue weighted by molar-refractivity contribution is 7.07. The SMILES string of the molecule is Cl.N[C@@H]1CCC[C@H]1CC(=O)NCCc1ccsc1. The first-order valence-corrected chi connectivity index (χ1v) is 7.23. The van der Waals surface area contributed by atoms with Gasteiger partial charge in [0, 0.05) is 19.0 Å². The molecule has 1 amide bonds. The van der Waals surface area contributed by atoms with Gasteiger partial charge >= 0.3 is 0 Å². The summed E-state index contributed by atoms with van der Waals surface area (Å²) in [6, 6.07) is 2.33. The minimum atomic E-state index is 0. The number of hydrogen-bond acceptors (Lipinski definition) is 3. The molecule has 0 radical (unpaired) electrons. The standard InChI is InChI=1S/C13H20N2OS.ClH/c14-12-3-1-2-11(12)8-13(16)15-6-4-10-5-7-17-9-10;/h5,7,9,11-12H,1-4,6,8,14H2,(H,15,16);1H/t11-,12+;/m0./s1. The fourth-order valence-corrected chi connectivity index (χ4v) is 3.11. The lowest BCUT2D eigenvalue weighted by Gasteiger charge is -2.14. The molecule has 0 unspecified atom stereocenters. The van der Waals surface area contributed by atoms with E-state index in [-0.39, 0.29) is 24.4 Å². The van der Waals surface area contributed by atoms with Gasteiger partial charge in [-0.3, -0.25) is 4.79 Å². The summed E-state index contributed by atoms with van der Waals surface area (Å²) < 4.78 is 0. The van der Waals surface area contributed by atoms with Crippen molar-refractivity contribution in [1.82, 2.24) is 5.32 Å². The van der Waals surface area contributed by atoms with E-state index in [1.807, 2.05) is 0 Å². The summed E-state index contributed by atoms with van der Waals surface area (Å²) in [5.41, 5.74) is 7.25. The van der Waals surface area contributed by atoms with E-state index in [1.165, 1.54) is 12.0 Å². The second-order valence-electron chi connectivity index (χ2n) is 4.79. The molecule has 1 fully saturated rings. The summed E-state index contributed by atoms with van der Waals surface area (Å²) in [5, 5.41) is 7.17. The zero-order chi connectivity index (χ0) is 12.1. The highest BCUT2D eigenvalue weighted by Gasteiger charge is 2.25. The maximum absolute atomic E-state index is 11.7. The van der Waals surface area contributed by atoms with Crippen LogP contribution in [0.2, 0.25) is 0 Å². The summed E-state index contributed by atoms with van der Waals surface area (Å²) in [4.78, 5) is 11.7. The average Bonchev–Trinajstić information content (AvgIpc) is 2.92. The Morgan fingerprint density at radius 1 is 1.50 bits per heavy atom. The Labute approximate surface area is 119 Å². The Morgan fingerprint density at radius 3 is 2.94 bits per heavy atom. The maximum atomic E-state index is 11.7. The van der Waals surface area contributed by atoms with Gasteiger partial charge in [0.2, 0.25) is 5.91 Å². The molecule has 2 rings (SSSR count). The van der Waals surface area contributed by atoms with Crippen LogP contribution in [0.25, 0.3) is 0 Å². The molecule has 18 heavy (non-hydrogen) atoms. The van der Waals surface area contributed by atoms with Crippen LogP contribution in [0, 0.1) is 5.92 Å². The number of nitrogens with two attached hydrogens (primary N) is 1. The number of amides is 1. The van der Waals surface area contributed by atoms with Crippen LogP contribution in [0.4, 0.5) is 0 Å². The summed E-state index contributed by atoms with van der Waals surface area (Å²) in [6.07, 6.45) is 4.89. The molecule has 3 nitrogen and oxygen atoms in total. The molecule has 1 aromatic rings. The number of hydrogen-bond donors (Lipinski definition) is 2. The van der Waals surface area contributed by atoms with Crippen LogP contribution in [0.3, 0.4) is 0 Å². The molecule has 0 spiro atoms. The van der Waals surface area contributed by atoms with Gasteiger partial charge in [-0.2, -0.15) is 11.3 Å². The molecule has 2 atom stereocenters. The zero-order valence-electron chi connectivity index (χ0n) is 10.4. The van der Waals surface area contributed by atoms with Gasteiger partial charge in [-0.1, -0.05) is 6.42 Å². The maximum Gasteiger partial charge on any atom is 0.220 e. The molecular weight excluding hydrogens is 268 g/mol. The number of thiophene rings is 1. The van der Waals surface area contributed by atoms with E-state index in [9.17, 15) is 4.79 Å². The van der Waals surface area contributed by atoms with Gasteiger partial charge in [-0.05, 0) is 47.6 Å². The molecular formula is C13H21ClN2OS. The summed E-state index contributed by atoms with van der Waals surface area (Å²) in [5.74, 6) is 0.554. The highest BCUT2D eigenvalue weighted by atomic mass is 35.5. The van der Waals surface area contributed by atoms with Gasteiger partial charge in [-0.15, -0.1) is 12.4 Å². The number of carbonyl (C=O) groups is 1. The second kappa shape index (κ2) is 7.77. The second-order valence-corrected chi connectivity index (χ2v) is 5.57. The Bertz CT molecular complexity index is 356. The van der Waals surface area contributed by atoms with Crippen molar-refractivity contribution in [2.24, 2.45) is 11.7 Å². The minimum Gasteiger partial charge on any atom is -0.356 e. The average molecular weight is 289 g/mol. The largest absolute Gasteiger partial charge is 0.356 e. The van der Waals surface area contributed by atoms with Crippen LogP contribution >= 0.6 is 23.7 Å². The number of nitrogens with one attached hydrogen (secondary N) is 1. The lowest BCUT2D eigenvalue weighted by atomic mass is 10.00. The third-order valence-corrected chi connectivity index (χ3v) is 4.21. The molecule has 0 aliphatic heterocycles. The van der Waals surface area contributed by atoms with Crippen LogP contribution in [-0.2, 0) is 11.2 Å². The van der Waals surface area contributed by atoms with Crippen LogP contribution in [0.1, 0.15) is 31.2 Å². The monoisotopic (exact) mass is 288 g/mol. The van der Waals surface area contributed by atoms with Crippen molar-refractivity contribution in [3.8, 4) is 0 Å². The zero-order valence-corrected chi connectivity index (χ0v) is 12.1. The third-order valence-electron chi connectivity index (χ3n) is 3.48. The van der Waals surface area contributed by atoms with Crippen molar-refractivity contribution in [2.45, 2.75) is 38.1 Å². The fraction of sp³-hybridized carbons (Fsp3) is 0.615. The molecule has 5 heteroatoms. The quantitative estimate of drug-likeness (QED) is 0.874. The summed E-state index contributed by atoms with van der Waals surface area (Å²) >= 11 is 1.70. The van der Waals surface area contributed by atoms with Crippen molar-refractivity contribution in [3.05, 3.63) is 22.4 Å². The Morgan fingerprint density at radius 2 is 2.33 bits per heavy atom. The molecule has 0 bridgehead atoms. The molecule has 1 heterocycles. The summed E-state index contributed by atoms with van der Waals surface area (Å²) in [6.45, 7) is 0.734. The van der Waals surface area contributed by atoms with E-state index in [4.69, 9.17) is 5.73 Å². The van der Waals surface area contributed by atoms with E-state index < -0.39 is 0 Å². The lowest BCUT2D eigenvalue weighted by Crippen LogP contribution is -2.32. The van der Waals surface area contributed by atoms with E-state index in [0.717, 1.165) is 25.8 Å².